The highest BCUT2D eigenvalue weighted by Crippen LogP contribution is 2.31. The first-order chi connectivity index (χ1) is 8.04. The van der Waals surface area contributed by atoms with E-state index in [0.29, 0.717) is 5.92 Å². The number of aliphatic hydroxyl groups is 1. The molecule has 0 aromatic carbocycles. The van der Waals surface area contributed by atoms with E-state index in [1.807, 2.05) is 17.9 Å². The Morgan fingerprint density at radius 3 is 2.94 bits per heavy atom. The van der Waals surface area contributed by atoms with Crippen molar-refractivity contribution in [2.45, 2.75) is 26.3 Å². The van der Waals surface area contributed by atoms with E-state index in [2.05, 4.69) is 22.9 Å². The van der Waals surface area contributed by atoms with Crippen LogP contribution in [0.5, 0.6) is 0 Å². The van der Waals surface area contributed by atoms with Gasteiger partial charge in [0.25, 0.3) is 5.91 Å². The van der Waals surface area contributed by atoms with Crippen LogP contribution in [-0.2, 0) is 0 Å². The molecule has 2 atom stereocenters. The monoisotopic (exact) mass is 317 g/mol. The zero-order valence-electron chi connectivity index (χ0n) is 9.94. The second kappa shape index (κ2) is 5.08. The van der Waals surface area contributed by atoms with Crippen molar-refractivity contribution in [3.63, 3.8) is 0 Å². The Balaban J connectivity index is 2.20. The number of likely N-dealkylation sites (tertiary alicyclic amines) is 1. The van der Waals surface area contributed by atoms with Crippen molar-refractivity contribution in [2.24, 2.45) is 5.92 Å². The first kappa shape index (κ1) is 13.1. The Hall–Kier alpha value is -0.390. The molecule has 1 fully saturated rings. The van der Waals surface area contributed by atoms with Gasteiger partial charge in [-0.1, -0.05) is 6.92 Å². The van der Waals surface area contributed by atoms with Crippen LogP contribution in [0.4, 0.5) is 0 Å². The number of carbonyl (C=O) groups excluding carboxylic acids is 1. The van der Waals surface area contributed by atoms with E-state index < -0.39 is 0 Å². The largest absolute Gasteiger partial charge is 0.394 e. The Labute approximate surface area is 114 Å². The molecule has 17 heavy (non-hydrogen) atoms. The van der Waals surface area contributed by atoms with Gasteiger partial charge in [0.05, 0.1) is 21.3 Å². The van der Waals surface area contributed by atoms with Crippen LogP contribution in [0.2, 0.25) is 0 Å². The van der Waals surface area contributed by atoms with Gasteiger partial charge in [0.1, 0.15) is 0 Å². The quantitative estimate of drug-likeness (QED) is 0.911. The minimum absolute atomic E-state index is 0.0244. The molecule has 0 radical (unpaired) electrons. The van der Waals surface area contributed by atoms with Crippen LogP contribution >= 0.6 is 27.3 Å². The molecule has 1 amide bonds. The van der Waals surface area contributed by atoms with Crippen LogP contribution in [0, 0.1) is 12.8 Å². The molecular weight excluding hydrogens is 302 g/mol. The topological polar surface area (TPSA) is 40.5 Å². The predicted octanol–water partition coefficient (Wildman–Crippen LogP) is 2.66. The van der Waals surface area contributed by atoms with E-state index >= 15 is 0 Å². The molecule has 0 aliphatic carbocycles. The summed E-state index contributed by atoms with van der Waals surface area (Å²) < 4.78 is 1.01. The number of amides is 1. The summed E-state index contributed by atoms with van der Waals surface area (Å²) in [5.41, 5.74) is 1.09. The van der Waals surface area contributed by atoms with Gasteiger partial charge in [-0.25, -0.2) is 0 Å². The number of nitrogens with zero attached hydrogens (tertiary/aromatic N) is 1. The van der Waals surface area contributed by atoms with Crippen LogP contribution < -0.4 is 0 Å². The summed E-state index contributed by atoms with van der Waals surface area (Å²) in [5.74, 6) is 0.431. The van der Waals surface area contributed by atoms with Gasteiger partial charge in [-0.15, -0.1) is 11.3 Å². The lowest BCUT2D eigenvalue weighted by molar-refractivity contribution is 0.0653. The zero-order valence-corrected chi connectivity index (χ0v) is 12.3. The van der Waals surface area contributed by atoms with Crippen molar-refractivity contribution in [1.29, 1.82) is 0 Å². The molecule has 5 heteroatoms. The average Bonchev–Trinajstić information content (AvgIpc) is 2.82. The number of thiophene rings is 1. The fourth-order valence-corrected chi connectivity index (χ4v) is 3.74. The number of halogens is 1. The van der Waals surface area contributed by atoms with Crippen LogP contribution in [-0.4, -0.2) is 35.1 Å². The van der Waals surface area contributed by atoms with Crippen molar-refractivity contribution >= 4 is 33.2 Å². The highest BCUT2D eigenvalue weighted by molar-refractivity contribution is 9.11. The lowest BCUT2D eigenvalue weighted by Crippen LogP contribution is -2.39. The maximum atomic E-state index is 12.3. The first-order valence-corrected chi connectivity index (χ1v) is 7.33. The minimum Gasteiger partial charge on any atom is -0.394 e. The molecular formula is C12H16BrNO2S. The molecule has 1 saturated heterocycles. The molecule has 0 saturated carbocycles. The van der Waals surface area contributed by atoms with Gasteiger partial charge in [0.15, 0.2) is 0 Å². The number of carbonyl (C=O) groups is 1. The maximum absolute atomic E-state index is 12.3. The van der Waals surface area contributed by atoms with Crippen LogP contribution in [0.1, 0.15) is 28.6 Å². The van der Waals surface area contributed by atoms with E-state index in [1.54, 1.807) is 0 Å². The lowest BCUT2D eigenvalue weighted by Gasteiger charge is -2.24. The van der Waals surface area contributed by atoms with Gasteiger partial charge in [-0.3, -0.25) is 4.79 Å². The standard InChI is InChI=1S/C12H16BrNO2S/c1-7-3-4-14(9(7)6-15)12(16)10-5-8(2)11(13)17-10/h5,7,9,15H,3-4,6H2,1-2H3. The van der Waals surface area contributed by atoms with Gasteiger partial charge in [0.2, 0.25) is 0 Å². The molecule has 2 rings (SSSR count). The minimum atomic E-state index is -0.0244. The molecule has 3 nitrogen and oxygen atoms in total. The molecule has 1 aliphatic rings. The molecule has 2 unspecified atom stereocenters. The van der Waals surface area contributed by atoms with Crippen molar-refractivity contribution in [3.05, 3.63) is 20.3 Å². The first-order valence-electron chi connectivity index (χ1n) is 5.72. The molecule has 1 aliphatic heterocycles. The summed E-state index contributed by atoms with van der Waals surface area (Å²) >= 11 is 4.90. The van der Waals surface area contributed by atoms with Crippen LogP contribution in [0.3, 0.4) is 0 Å². The molecule has 1 aromatic heterocycles. The number of aliphatic hydroxyl groups excluding tert-OH is 1. The molecule has 94 valence electrons. The van der Waals surface area contributed by atoms with Crippen LogP contribution in [0.25, 0.3) is 0 Å². The second-order valence-corrected chi connectivity index (χ2v) is 6.95. The molecule has 2 heterocycles. The van der Waals surface area contributed by atoms with Gasteiger partial charge in [-0.2, -0.15) is 0 Å². The Morgan fingerprint density at radius 2 is 2.41 bits per heavy atom. The van der Waals surface area contributed by atoms with E-state index in [-0.39, 0.29) is 18.6 Å². The van der Waals surface area contributed by atoms with E-state index in [0.717, 1.165) is 27.2 Å². The lowest BCUT2D eigenvalue weighted by atomic mass is 10.0. The van der Waals surface area contributed by atoms with Crippen molar-refractivity contribution in [2.75, 3.05) is 13.2 Å². The summed E-state index contributed by atoms with van der Waals surface area (Å²) in [7, 11) is 0. The van der Waals surface area contributed by atoms with Crippen molar-refractivity contribution in [1.82, 2.24) is 4.90 Å². The van der Waals surface area contributed by atoms with Gasteiger partial charge < -0.3 is 10.0 Å². The van der Waals surface area contributed by atoms with Crippen molar-refractivity contribution < 1.29 is 9.90 Å². The predicted molar refractivity (Wildman–Crippen MR) is 72.4 cm³/mol. The third kappa shape index (κ3) is 2.41. The van der Waals surface area contributed by atoms with Gasteiger partial charge >= 0.3 is 0 Å². The zero-order chi connectivity index (χ0) is 12.6. The van der Waals surface area contributed by atoms with Crippen LogP contribution in [0.15, 0.2) is 9.85 Å². The number of aryl methyl sites for hydroxylation is 1. The second-order valence-electron chi connectivity index (χ2n) is 4.58. The fourth-order valence-electron chi connectivity index (χ4n) is 2.25. The normalized spacial score (nSPS) is 24.4. The summed E-state index contributed by atoms with van der Waals surface area (Å²) in [4.78, 5) is 14.9. The van der Waals surface area contributed by atoms with Crippen molar-refractivity contribution in [3.8, 4) is 0 Å². The Bertz CT molecular complexity index is 413. The fraction of sp³-hybridized carbons (Fsp3) is 0.583. The van der Waals surface area contributed by atoms with Gasteiger partial charge in [0, 0.05) is 6.54 Å². The molecule has 1 aromatic rings. The number of rotatable bonds is 2. The highest BCUT2D eigenvalue weighted by atomic mass is 79.9. The molecule has 0 bridgehead atoms. The summed E-state index contributed by atoms with van der Waals surface area (Å²) in [5, 5.41) is 9.36. The Kier molecular flexibility index (Phi) is 3.90. The third-order valence-electron chi connectivity index (χ3n) is 3.40. The number of hydrogen-bond donors (Lipinski definition) is 1. The molecule has 0 spiro atoms. The highest BCUT2D eigenvalue weighted by Gasteiger charge is 2.34. The number of hydrogen-bond acceptors (Lipinski definition) is 3. The SMILES string of the molecule is Cc1cc(C(=O)N2CCC(C)C2CO)sc1Br. The summed E-state index contributed by atoms with van der Waals surface area (Å²) in [6.07, 6.45) is 0.975. The average molecular weight is 318 g/mol. The maximum Gasteiger partial charge on any atom is 0.264 e. The van der Waals surface area contributed by atoms with E-state index in [9.17, 15) is 9.90 Å². The third-order valence-corrected chi connectivity index (χ3v) is 5.52. The molecule has 1 N–H and O–H groups in total. The van der Waals surface area contributed by atoms with Gasteiger partial charge in [-0.05, 0) is 46.8 Å². The smallest absolute Gasteiger partial charge is 0.264 e. The van der Waals surface area contributed by atoms with E-state index in [4.69, 9.17) is 0 Å². The summed E-state index contributed by atoms with van der Waals surface area (Å²) in [6.45, 7) is 4.87. The Morgan fingerprint density at radius 1 is 1.71 bits per heavy atom. The van der Waals surface area contributed by atoms with E-state index in [1.165, 1.54) is 11.3 Å². The summed E-state index contributed by atoms with van der Waals surface area (Å²) in [6, 6.07) is 1.89.